The number of hydrogen-bond donors (Lipinski definition) is 1. The van der Waals surface area contributed by atoms with Gasteiger partial charge in [0.2, 0.25) is 0 Å². The Morgan fingerprint density at radius 2 is 1.50 bits per heavy atom. The Kier molecular flexibility index (Phi) is 5.84. The van der Waals surface area contributed by atoms with Gasteiger partial charge in [0.05, 0.1) is 6.61 Å². The summed E-state index contributed by atoms with van der Waals surface area (Å²) in [5.41, 5.74) is 1.06. The number of carbonyl (C=O) groups excluding carboxylic acids is 1. The van der Waals surface area contributed by atoms with Gasteiger partial charge in [-0.25, -0.2) is 0 Å². The Balaban J connectivity index is 1.45. The number of ether oxygens (including phenoxy) is 2. The zero-order valence-electron chi connectivity index (χ0n) is 14.9. The van der Waals surface area contributed by atoms with Gasteiger partial charge < -0.3 is 24.4 Å². The maximum absolute atomic E-state index is 12.4. The van der Waals surface area contributed by atoms with Crippen molar-refractivity contribution in [3.8, 4) is 17.2 Å². The maximum Gasteiger partial charge on any atom is 0.260 e. The molecule has 1 saturated heterocycles. The van der Waals surface area contributed by atoms with Gasteiger partial charge in [-0.3, -0.25) is 4.79 Å². The van der Waals surface area contributed by atoms with Crippen molar-refractivity contribution in [3.05, 3.63) is 48.5 Å². The molecule has 3 rings (SSSR count). The third kappa shape index (κ3) is 4.59. The van der Waals surface area contributed by atoms with Crippen molar-refractivity contribution in [2.24, 2.45) is 0 Å². The van der Waals surface area contributed by atoms with Crippen LogP contribution in [0.1, 0.15) is 6.92 Å². The van der Waals surface area contributed by atoms with E-state index < -0.39 is 0 Å². The monoisotopic (exact) mass is 356 g/mol. The number of rotatable bonds is 6. The average Bonchev–Trinajstić information content (AvgIpc) is 2.68. The fraction of sp³-hybridized carbons (Fsp3) is 0.350. The number of nitrogens with zero attached hydrogens (tertiary/aromatic N) is 2. The normalized spacial score (nSPS) is 14.2. The molecule has 1 aliphatic rings. The fourth-order valence-corrected chi connectivity index (χ4v) is 2.91. The van der Waals surface area contributed by atoms with Crippen LogP contribution in [-0.2, 0) is 4.79 Å². The molecule has 2 aromatic rings. The van der Waals surface area contributed by atoms with E-state index in [4.69, 9.17) is 9.47 Å². The summed E-state index contributed by atoms with van der Waals surface area (Å²) in [6.07, 6.45) is 0. The van der Waals surface area contributed by atoms with Crippen LogP contribution in [0, 0.1) is 0 Å². The highest BCUT2D eigenvalue weighted by Gasteiger charge is 2.21. The van der Waals surface area contributed by atoms with Gasteiger partial charge in [0.25, 0.3) is 5.91 Å². The zero-order chi connectivity index (χ0) is 18.4. The van der Waals surface area contributed by atoms with Crippen molar-refractivity contribution in [3.63, 3.8) is 0 Å². The summed E-state index contributed by atoms with van der Waals surface area (Å²) in [6, 6.07) is 14.4. The first-order valence-electron chi connectivity index (χ1n) is 8.83. The van der Waals surface area contributed by atoms with Crippen LogP contribution in [0.3, 0.4) is 0 Å². The number of amides is 1. The average molecular weight is 356 g/mol. The lowest BCUT2D eigenvalue weighted by Crippen LogP contribution is -2.50. The Bertz CT molecular complexity index is 708. The molecule has 1 fully saturated rings. The molecule has 0 bridgehead atoms. The lowest BCUT2D eigenvalue weighted by molar-refractivity contribution is -0.133. The minimum Gasteiger partial charge on any atom is -0.508 e. The standard InChI is InChI=1S/C20H24N2O4/c1-2-25-18-7-9-19(10-8-18)26-15-20(24)22-13-11-21(12-14-22)16-3-5-17(23)6-4-16/h3-10,23H,2,11-15H2,1H3. The number of benzene rings is 2. The summed E-state index contributed by atoms with van der Waals surface area (Å²) < 4.78 is 11.0. The number of phenols is 1. The summed E-state index contributed by atoms with van der Waals surface area (Å²) in [4.78, 5) is 16.4. The lowest BCUT2D eigenvalue weighted by atomic mass is 10.2. The highest BCUT2D eigenvalue weighted by molar-refractivity contribution is 5.78. The molecule has 0 unspecified atom stereocenters. The molecule has 0 spiro atoms. The van der Waals surface area contributed by atoms with Gasteiger partial charge in [-0.05, 0) is 55.5 Å². The predicted octanol–water partition coefficient (Wildman–Crippen LogP) is 2.52. The first-order chi connectivity index (χ1) is 12.7. The van der Waals surface area contributed by atoms with Crippen LogP contribution in [0.15, 0.2) is 48.5 Å². The molecule has 1 heterocycles. The van der Waals surface area contributed by atoms with Crippen LogP contribution in [-0.4, -0.2) is 55.3 Å². The van der Waals surface area contributed by atoms with Crippen LogP contribution < -0.4 is 14.4 Å². The lowest BCUT2D eigenvalue weighted by Gasteiger charge is -2.36. The van der Waals surface area contributed by atoms with E-state index in [-0.39, 0.29) is 18.3 Å². The molecular weight excluding hydrogens is 332 g/mol. The Morgan fingerprint density at radius 3 is 2.08 bits per heavy atom. The topological polar surface area (TPSA) is 62.2 Å². The first kappa shape index (κ1) is 17.9. The second kappa shape index (κ2) is 8.47. The zero-order valence-corrected chi connectivity index (χ0v) is 14.9. The fourth-order valence-electron chi connectivity index (χ4n) is 2.91. The summed E-state index contributed by atoms with van der Waals surface area (Å²) in [7, 11) is 0. The molecule has 0 aromatic heterocycles. The molecule has 6 heteroatoms. The first-order valence-corrected chi connectivity index (χ1v) is 8.83. The third-order valence-corrected chi connectivity index (χ3v) is 4.34. The molecule has 1 amide bonds. The number of aromatic hydroxyl groups is 1. The van der Waals surface area contributed by atoms with Gasteiger partial charge in [-0.1, -0.05) is 0 Å². The van der Waals surface area contributed by atoms with Gasteiger partial charge >= 0.3 is 0 Å². The van der Waals surface area contributed by atoms with Crippen molar-refractivity contribution in [2.75, 3.05) is 44.3 Å². The summed E-state index contributed by atoms with van der Waals surface area (Å²) in [6.45, 7) is 5.43. The molecule has 6 nitrogen and oxygen atoms in total. The van der Waals surface area contributed by atoms with Gasteiger partial charge in [-0.2, -0.15) is 0 Å². The number of hydrogen-bond acceptors (Lipinski definition) is 5. The van der Waals surface area contributed by atoms with E-state index in [0.29, 0.717) is 25.4 Å². The molecule has 0 saturated carbocycles. The minimum atomic E-state index is -0.00996. The number of anilines is 1. The van der Waals surface area contributed by atoms with E-state index in [1.165, 1.54) is 0 Å². The molecule has 0 radical (unpaired) electrons. The Morgan fingerprint density at radius 1 is 0.923 bits per heavy atom. The van der Waals surface area contributed by atoms with Crippen molar-refractivity contribution >= 4 is 11.6 Å². The van der Waals surface area contributed by atoms with E-state index in [9.17, 15) is 9.90 Å². The van der Waals surface area contributed by atoms with Crippen molar-refractivity contribution in [1.29, 1.82) is 0 Å². The van der Waals surface area contributed by atoms with Crippen LogP contribution in [0.2, 0.25) is 0 Å². The van der Waals surface area contributed by atoms with Crippen LogP contribution >= 0.6 is 0 Å². The van der Waals surface area contributed by atoms with Gasteiger partial charge in [0.15, 0.2) is 6.61 Å². The van der Waals surface area contributed by atoms with Gasteiger partial charge in [-0.15, -0.1) is 0 Å². The summed E-state index contributed by atoms with van der Waals surface area (Å²) >= 11 is 0. The third-order valence-electron chi connectivity index (χ3n) is 4.34. The van der Waals surface area contributed by atoms with Crippen LogP contribution in [0.4, 0.5) is 5.69 Å². The molecular formula is C20H24N2O4. The van der Waals surface area contributed by atoms with Crippen molar-refractivity contribution < 1.29 is 19.4 Å². The number of carbonyl (C=O) groups is 1. The SMILES string of the molecule is CCOc1ccc(OCC(=O)N2CCN(c3ccc(O)cc3)CC2)cc1. The molecule has 138 valence electrons. The smallest absolute Gasteiger partial charge is 0.260 e. The second-order valence-corrected chi connectivity index (χ2v) is 6.08. The highest BCUT2D eigenvalue weighted by atomic mass is 16.5. The molecule has 0 aliphatic carbocycles. The Hall–Kier alpha value is -2.89. The van der Waals surface area contributed by atoms with Crippen molar-refractivity contribution in [2.45, 2.75) is 6.92 Å². The van der Waals surface area contributed by atoms with E-state index >= 15 is 0 Å². The van der Waals surface area contributed by atoms with Gasteiger partial charge in [0.1, 0.15) is 17.2 Å². The van der Waals surface area contributed by atoms with Crippen molar-refractivity contribution in [1.82, 2.24) is 4.90 Å². The minimum absolute atomic E-state index is 0.00996. The quantitative estimate of drug-likeness (QED) is 0.862. The summed E-state index contributed by atoms with van der Waals surface area (Å²) in [5, 5.41) is 9.37. The Labute approximate surface area is 153 Å². The molecule has 1 N–H and O–H groups in total. The highest BCUT2D eigenvalue weighted by Crippen LogP contribution is 2.20. The van der Waals surface area contributed by atoms with E-state index in [0.717, 1.165) is 24.5 Å². The van der Waals surface area contributed by atoms with E-state index in [1.54, 1.807) is 24.3 Å². The molecule has 26 heavy (non-hydrogen) atoms. The largest absolute Gasteiger partial charge is 0.508 e. The summed E-state index contributed by atoms with van der Waals surface area (Å²) in [5.74, 6) is 1.69. The maximum atomic E-state index is 12.4. The number of phenolic OH excluding ortho intramolecular Hbond substituents is 1. The van der Waals surface area contributed by atoms with Crippen LogP contribution in [0.25, 0.3) is 0 Å². The number of piperazine rings is 1. The van der Waals surface area contributed by atoms with Gasteiger partial charge in [0, 0.05) is 31.9 Å². The molecule has 0 atom stereocenters. The van der Waals surface area contributed by atoms with E-state index in [1.807, 2.05) is 36.1 Å². The predicted molar refractivity (Wildman–Crippen MR) is 100 cm³/mol. The van der Waals surface area contributed by atoms with E-state index in [2.05, 4.69) is 4.90 Å². The molecule has 2 aromatic carbocycles. The van der Waals surface area contributed by atoms with Crippen LogP contribution in [0.5, 0.6) is 17.2 Å². The second-order valence-electron chi connectivity index (χ2n) is 6.08. The molecule has 1 aliphatic heterocycles.